The molecule has 2 atom stereocenters. The van der Waals surface area contributed by atoms with Crippen LogP contribution in [0.25, 0.3) is 0 Å². The second kappa shape index (κ2) is 6.69. The molecule has 120 valence electrons. The summed E-state index contributed by atoms with van der Waals surface area (Å²) in [5.74, 6) is 1.70. The Labute approximate surface area is 132 Å². The van der Waals surface area contributed by atoms with Gasteiger partial charge in [0.25, 0.3) is 0 Å². The quantitative estimate of drug-likeness (QED) is 0.929. The number of carbonyl (C=O) groups excluding carboxylic acids is 1. The van der Waals surface area contributed by atoms with E-state index in [9.17, 15) is 4.79 Å². The topological polar surface area (TPSA) is 41.6 Å². The van der Waals surface area contributed by atoms with Gasteiger partial charge in [0, 0.05) is 25.6 Å². The van der Waals surface area contributed by atoms with E-state index in [2.05, 4.69) is 28.4 Å². The van der Waals surface area contributed by atoms with Gasteiger partial charge >= 0.3 is 0 Å². The highest BCUT2D eigenvalue weighted by Gasteiger charge is 2.33. The van der Waals surface area contributed by atoms with Gasteiger partial charge in [-0.25, -0.2) is 0 Å². The van der Waals surface area contributed by atoms with E-state index in [1.807, 2.05) is 6.92 Å². The molecule has 0 bridgehead atoms. The Morgan fingerprint density at radius 1 is 1.41 bits per heavy atom. The number of hydrogen-bond donors (Lipinski definition) is 1. The van der Waals surface area contributed by atoms with Crippen LogP contribution in [-0.4, -0.2) is 37.6 Å². The zero-order chi connectivity index (χ0) is 15.5. The molecule has 1 fully saturated rings. The van der Waals surface area contributed by atoms with Gasteiger partial charge in [-0.3, -0.25) is 9.69 Å². The van der Waals surface area contributed by atoms with Gasteiger partial charge < -0.3 is 10.1 Å². The van der Waals surface area contributed by atoms with Crippen LogP contribution in [0.2, 0.25) is 0 Å². The molecule has 2 heterocycles. The second-order valence-electron chi connectivity index (χ2n) is 6.41. The average Bonchev–Trinajstić information content (AvgIpc) is 2.58. The van der Waals surface area contributed by atoms with Crippen LogP contribution in [0.15, 0.2) is 18.2 Å². The minimum atomic E-state index is 0.163. The number of hydrogen-bond acceptors (Lipinski definition) is 3. The molecule has 3 rings (SSSR count). The maximum absolute atomic E-state index is 11.5. The highest BCUT2D eigenvalue weighted by atomic mass is 16.5. The Bertz CT molecular complexity index is 544. The molecule has 1 saturated heterocycles. The van der Waals surface area contributed by atoms with E-state index in [0.29, 0.717) is 18.4 Å². The predicted octanol–water partition coefficient (Wildman–Crippen LogP) is 2.53. The predicted molar refractivity (Wildman–Crippen MR) is 87.0 cm³/mol. The molecular formula is C18H26N2O2. The van der Waals surface area contributed by atoms with Crippen molar-refractivity contribution in [3.8, 4) is 5.75 Å². The molecule has 22 heavy (non-hydrogen) atoms. The van der Waals surface area contributed by atoms with Crippen LogP contribution >= 0.6 is 0 Å². The van der Waals surface area contributed by atoms with Crippen LogP contribution in [0.5, 0.6) is 5.75 Å². The fourth-order valence-corrected chi connectivity index (χ4v) is 3.76. The van der Waals surface area contributed by atoms with Crippen molar-refractivity contribution < 1.29 is 9.53 Å². The number of nitrogens with one attached hydrogen (secondary N) is 1. The lowest BCUT2D eigenvalue weighted by Gasteiger charge is -2.43. The second-order valence-corrected chi connectivity index (χ2v) is 6.41. The highest BCUT2D eigenvalue weighted by Crippen LogP contribution is 2.39. The maximum Gasteiger partial charge on any atom is 0.219 e. The highest BCUT2D eigenvalue weighted by molar-refractivity contribution is 5.75. The maximum atomic E-state index is 11.5. The fraction of sp³-hybridized carbons (Fsp3) is 0.611. The Morgan fingerprint density at radius 3 is 3.05 bits per heavy atom. The first-order chi connectivity index (χ1) is 10.7. The van der Waals surface area contributed by atoms with Crippen LogP contribution in [0.1, 0.15) is 43.4 Å². The first kappa shape index (κ1) is 15.3. The minimum absolute atomic E-state index is 0.163. The summed E-state index contributed by atoms with van der Waals surface area (Å²) in [4.78, 5) is 14.1. The lowest BCUT2D eigenvalue weighted by Crippen LogP contribution is -2.43. The molecular weight excluding hydrogens is 276 g/mol. The van der Waals surface area contributed by atoms with Crippen molar-refractivity contribution in [1.82, 2.24) is 10.2 Å². The summed E-state index contributed by atoms with van der Waals surface area (Å²) in [6.07, 6.45) is 4.01. The van der Waals surface area contributed by atoms with Gasteiger partial charge in [0.1, 0.15) is 5.75 Å². The smallest absolute Gasteiger partial charge is 0.219 e. The molecule has 0 saturated carbocycles. The third-order valence-corrected chi connectivity index (χ3v) is 5.11. The molecule has 0 radical (unpaired) electrons. The SMILES string of the molecule is CCC(=O)NCC1CCN2CCc3cc(OC)ccc3C2C1. The van der Waals surface area contributed by atoms with Crippen molar-refractivity contribution >= 4 is 5.91 Å². The van der Waals surface area contributed by atoms with E-state index in [-0.39, 0.29) is 5.91 Å². The van der Waals surface area contributed by atoms with E-state index >= 15 is 0 Å². The fourth-order valence-electron chi connectivity index (χ4n) is 3.76. The van der Waals surface area contributed by atoms with Crippen LogP contribution in [0.4, 0.5) is 0 Å². The van der Waals surface area contributed by atoms with Crippen LogP contribution in [0.3, 0.4) is 0 Å². The van der Waals surface area contributed by atoms with E-state index in [0.717, 1.165) is 38.2 Å². The van der Waals surface area contributed by atoms with Crippen molar-refractivity contribution in [3.05, 3.63) is 29.3 Å². The number of nitrogens with zero attached hydrogens (tertiary/aromatic N) is 1. The van der Waals surface area contributed by atoms with Crippen molar-refractivity contribution in [2.75, 3.05) is 26.7 Å². The number of ether oxygens (including phenoxy) is 1. The van der Waals surface area contributed by atoms with Crippen LogP contribution in [-0.2, 0) is 11.2 Å². The van der Waals surface area contributed by atoms with Gasteiger partial charge in [-0.2, -0.15) is 0 Å². The van der Waals surface area contributed by atoms with Gasteiger partial charge in [-0.15, -0.1) is 0 Å². The van der Waals surface area contributed by atoms with Gasteiger partial charge in [0.15, 0.2) is 0 Å². The zero-order valence-corrected chi connectivity index (χ0v) is 13.6. The first-order valence-electron chi connectivity index (χ1n) is 8.38. The molecule has 2 unspecified atom stereocenters. The van der Waals surface area contributed by atoms with Gasteiger partial charge in [0.2, 0.25) is 5.91 Å². The first-order valence-corrected chi connectivity index (χ1v) is 8.38. The van der Waals surface area contributed by atoms with Crippen LogP contribution < -0.4 is 10.1 Å². The summed E-state index contributed by atoms with van der Waals surface area (Å²) in [6, 6.07) is 7.00. The summed E-state index contributed by atoms with van der Waals surface area (Å²) in [5, 5.41) is 3.06. The third kappa shape index (κ3) is 3.12. The number of benzene rings is 1. The molecule has 2 aliphatic heterocycles. The molecule has 0 aliphatic carbocycles. The summed E-state index contributed by atoms with van der Waals surface area (Å²) >= 11 is 0. The third-order valence-electron chi connectivity index (χ3n) is 5.11. The summed E-state index contributed by atoms with van der Waals surface area (Å²) < 4.78 is 5.35. The normalized spacial score (nSPS) is 24.3. The zero-order valence-electron chi connectivity index (χ0n) is 13.6. The van der Waals surface area contributed by atoms with Gasteiger partial charge in [-0.1, -0.05) is 13.0 Å². The number of carbonyl (C=O) groups is 1. The molecule has 1 N–H and O–H groups in total. The number of methoxy groups -OCH3 is 1. The van der Waals surface area contributed by atoms with Gasteiger partial charge in [-0.05, 0) is 55.0 Å². The van der Waals surface area contributed by atoms with E-state index in [1.54, 1.807) is 7.11 Å². The average molecular weight is 302 g/mol. The van der Waals surface area contributed by atoms with Crippen molar-refractivity contribution in [2.45, 2.75) is 38.6 Å². The molecule has 0 aromatic heterocycles. The largest absolute Gasteiger partial charge is 0.497 e. The number of amides is 1. The lowest BCUT2D eigenvalue weighted by molar-refractivity contribution is -0.121. The van der Waals surface area contributed by atoms with E-state index in [4.69, 9.17) is 4.74 Å². The number of rotatable bonds is 4. The van der Waals surface area contributed by atoms with Crippen molar-refractivity contribution in [3.63, 3.8) is 0 Å². The van der Waals surface area contributed by atoms with Crippen molar-refractivity contribution in [2.24, 2.45) is 5.92 Å². The number of piperidine rings is 1. The van der Waals surface area contributed by atoms with Crippen LogP contribution in [0, 0.1) is 5.92 Å². The Hall–Kier alpha value is -1.55. The molecule has 1 aromatic carbocycles. The Kier molecular flexibility index (Phi) is 4.67. The number of fused-ring (bicyclic) bond motifs is 3. The summed E-state index contributed by atoms with van der Waals surface area (Å²) in [6.45, 7) is 5.01. The van der Waals surface area contributed by atoms with E-state index in [1.165, 1.54) is 17.5 Å². The molecule has 4 nitrogen and oxygen atoms in total. The molecule has 4 heteroatoms. The lowest BCUT2D eigenvalue weighted by atomic mass is 9.82. The molecule has 2 aliphatic rings. The Balaban J connectivity index is 1.71. The molecule has 1 aromatic rings. The monoisotopic (exact) mass is 302 g/mol. The van der Waals surface area contributed by atoms with Gasteiger partial charge in [0.05, 0.1) is 7.11 Å². The minimum Gasteiger partial charge on any atom is -0.497 e. The summed E-state index contributed by atoms with van der Waals surface area (Å²) in [7, 11) is 1.73. The standard InChI is InChI=1S/C18H26N2O2/c1-3-18(21)19-12-13-6-8-20-9-7-14-11-15(22-2)4-5-16(14)17(20)10-13/h4-5,11,13,17H,3,6-10,12H2,1-2H3,(H,19,21). The molecule has 0 spiro atoms. The van der Waals surface area contributed by atoms with E-state index < -0.39 is 0 Å². The Morgan fingerprint density at radius 2 is 2.27 bits per heavy atom. The van der Waals surface area contributed by atoms with Crippen molar-refractivity contribution in [1.29, 1.82) is 0 Å². The summed E-state index contributed by atoms with van der Waals surface area (Å²) in [5.41, 5.74) is 2.89. The molecule has 1 amide bonds.